The first kappa shape index (κ1) is 20.6. The van der Waals surface area contributed by atoms with Gasteiger partial charge in [-0.05, 0) is 75.5 Å². The van der Waals surface area contributed by atoms with Gasteiger partial charge in [0.05, 0.1) is 6.10 Å². The number of rotatable bonds is 5. The predicted octanol–water partition coefficient (Wildman–Crippen LogP) is 2.87. The van der Waals surface area contributed by atoms with Crippen molar-refractivity contribution in [2.75, 3.05) is 0 Å². The average molecular weight is 379 g/mol. The second kappa shape index (κ2) is 7.73. The number of carbonyl (C=O) groups is 2. The van der Waals surface area contributed by atoms with E-state index in [1.54, 1.807) is 0 Å². The first-order valence-corrected chi connectivity index (χ1v) is 10.9. The molecule has 2 amide bonds. The van der Waals surface area contributed by atoms with Crippen molar-refractivity contribution >= 4 is 11.8 Å². The number of hydrogen-bond donors (Lipinski definition) is 3. The molecule has 0 bridgehead atoms. The lowest BCUT2D eigenvalue weighted by Crippen LogP contribution is -2.58. The number of fused-ring (bicyclic) bond motifs is 1. The van der Waals surface area contributed by atoms with E-state index in [2.05, 4.69) is 24.5 Å². The summed E-state index contributed by atoms with van der Waals surface area (Å²) in [5.41, 5.74) is 0.102. The molecule has 0 heterocycles. The number of hydrogen-bond acceptors (Lipinski definition) is 3. The summed E-state index contributed by atoms with van der Waals surface area (Å²) in [5, 5.41) is 17.6. The van der Waals surface area contributed by atoms with Crippen LogP contribution in [0.3, 0.4) is 0 Å². The maximum absolute atomic E-state index is 12.5. The molecule has 0 aromatic heterocycles. The summed E-state index contributed by atoms with van der Waals surface area (Å²) in [6.45, 7) is 10.4. The van der Waals surface area contributed by atoms with Gasteiger partial charge in [-0.15, -0.1) is 0 Å². The Balaban J connectivity index is 1.72. The summed E-state index contributed by atoms with van der Waals surface area (Å²) < 4.78 is 0. The maximum Gasteiger partial charge on any atom is 0.223 e. The van der Waals surface area contributed by atoms with E-state index in [0.29, 0.717) is 0 Å². The van der Waals surface area contributed by atoms with Crippen molar-refractivity contribution in [1.82, 2.24) is 10.6 Å². The molecular weight excluding hydrogens is 340 g/mol. The Morgan fingerprint density at radius 3 is 2.30 bits per heavy atom. The molecule has 0 spiro atoms. The van der Waals surface area contributed by atoms with Gasteiger partial charge in [-0.3, -0.25) is 9.59 Å². The molecule has 5 heteroatoms. The Morgan fingerprint density at radius 2 is 1.70 bits per heavy atom. The van der Waals surface area contributed by atoms with E-state index in [9.17, 15) is 14.7 Å². The number of carbonyl (C=O) groups excluding carboxylic acids is 2. The molecule has 3 saturated carbocycles. The summed E-state index contributed by atoms with van der Waals surface area (Å²) in [6.07, 6.45) is 5.51. The summed E-state index contributed by atoms with van der Waals surface area (Å²) in [7, 11) is 0. The highest BCUT2D eigenvalue weighted by atomic mass is 16.3. The standard InChI is InChI=1S/C22H38N2O3/c1-12(2)23-20(26)13(3)16-8-10-22(5)11-9-17(14(4)18(22)19(16)25)24-21(27)15-6-7-15/h12-19,25H,6-11H2,1-5H3,(H,23,26)(H,24,27)/t13-,14+,16?,17-,18+,19-,22-/m0/s1. The van der Waals surface area contributed by atoms with Gasteiger partial charge in [0, 0.05) is 23.9 Å². The fourth-order valence-corrected chi connectivity index (χ4v) is 5.75. The van der Waals surface area contributed by atoms with Crippen LogP contribution in [0.5, 0.6) is 0 Å². The Bertz CT molecular complexity index is 574. The molecule has 1 unspecified atom stereocenters. The molecule has 0 aromatic carbocycles. The largest absolute Gasteiger partial charge is 0.392 e. The molecule has 0 radical (unpaired) electrons. The van der Waals surface area contributed by atoms with Crippen molar-refractivity contribution < 1.29 is 14.7 Å². The predicted molar refractivity (Wildman–Crippen MR) is 106 cm³/mol. The molecule has 7 atom stereocenters. The Kier molecular flexibility index (Phi) is 5.90. The first-order valence-electron chi connectivity index (χ1n) is 10.9. The number of aliphatic hydroxyl groups excluding tert-OH is 1. The van der Waals surface area contributed by atoms with Gasteiger partial charge in [-0.2, -0.15) is 0 Å². The summed E-state index contributed by atoms with van der Waals surface area (Å²) >= 11 is 0. The van der Waals surface area contributed by atoms with Crippen LogP contribution in [0.25, 0.3) is 0 Å². The van der Waals surface area contributed by atoms with E-state index in [4.69, 9.17) is 0 Å². The maximum atomic E-state index is 12.5. The molecule has 0 saturated heterocycles. The van der Waals surface area contributed by atoms with Gasteiger partial charge < -0.3 is 15.7 Å². The zero-order valence-corrected chi connectivity index (χ0v) is 17.6. The third-order valence-corrected chi connectivity index (χ3v) is 7.65. The zero-order chi connectivity index (χ0) is 19.9. The van der Waals surface area contributed by atoms with Gasteiger partial charge in [0.1, 0.15) is 0 Å². The molecule has 0 aromatic rings. The highest BCUT2D eigenvalue weighted by Crippen LogP contribution is 2.55. The molecule has 154 valence electrons. The lowest BCUT2D eigenvalue weighted by Gasteiger charge is -2.56. The average Bonchev–Trinajstić information content (AvgIpc) is 3.41. The minimum atomic E-state index is -0.493. The minimum absolute atomic E-state index is 0.0119. The second-order valence-corrected chi connectivity index (χ2v) is 10.1. The Labute approximate surface area is 164 Å². The Hall–Kier alpha value is -1.10. The van der Waals surface area contributed by atoms with Gasteiger partial charge in [0.25, 0.3) is 0 Å². The van der Waals surface area contributed by atoms with Gasteiger partial charge in [0.2, 0.25) is 11.8 Å². The Morgan fingerprint density at radius 1 is 1.07 bits per heavy atom. The monoisotopic (exact) mass is 378 g/mol. The minimum Gasteiger partial charge on any atom is -0.392 e. The molecule has 3 aliphatic carbocycles. The summed E-state index contributed by atoms with van der Waals surface area (Å²) in [6, 6.07) is 0.256. The highest BCUT2D eigenvalue weighted by Gasteiger charge is 2.54. The lowest BCUT2D eigenvalue weighted by molar-refractivity contribution is -0.144. The van der Waals surface area contributed by atoms with E-state index >= 15 is 0 Å². The van der Waals surface area contributed by atoms with Crippen molar-refractivity contribution in [2.24, 2.45) is 35.0 Å². The molecule has 3 aliphatic rings. The number of nitrogens with one attached hydrogen (secondary N) is 2. The quantitative estimate of drug-likeness (QED) is 0.688. The van der Waals surface area contributed by atoms with Gasteiger partial charge in [0.15, 0.2) is 0 Å². The van der Waals surface area contributed by atoms with Crippen LogP contribution in [0.2, 0.25) is 0 Å². The summed E-state index contributed by atoms with van der Waals surface area (Å²) in [5.74, 6) is 0.604. The van der Waals surface area contributed by atoms with Crippen LogP contribution in [0.15, 0.2) is 0 Å². The fourth-order valence-electron chi connectivity index (χ4n) is 5.75. The van der Waals surface area contributed by atoms with E-state index < -0.39 is 6.10 Å². The van der Waals surface area contributed by atoms with Crippen molar-refractivity contribution in [3.63, 3.8) is 0 Å². The van der Waals surface area contributed by atoms with Gasteiger partial charge in [-0.25, -0.2) is 0 Å². The lowest BCUT2D eigenvalue weighted by atomic mass is 9.51. The van der Waals surface area contributed by atoms with Crippen molar-refractivity contribution in [3.05, 3.63) is 0 Å². The summed E-state index contributed by atoms with van der Waals surface area (Å²) in [4.78, 5) is 24.8. The van der Waals surface area contributed by atoms with Crippen molar-refractivity contribution in [2.45, 2.75) is 91.3 Å². The van der Waals surface area contributed by atoms with E-state index in [1.807, 2.05) is 20.8 Å². The third-order valence-electron chi connectivity index (χ3n) is 7.65. The smallest absolute Gasteiger partial charge is 0.223 e. The number of amides is 2. The third kappa shape index (κ3) is 4.18. The number of aliphatic hydroxyl groups is 1. The van der Waals surface area contributed by atoms with E-state index in [0.717, 1.165) is 38.5 Å². The first-order chi connectivity index (χ1) is 12.6. The normalized spacial score (nSPS) is 40.2. The molecule has 3 rings (SSSR count). The highest BCUT2D eigenvalue weighted by molar-refractivity contribution is 5.81. The van der Waals surface area contributed by atoms with Crippen LogP contribution < -0.4 is 10.6 Å². The van der Waals surface area contributed by atoms with Crippen LogP contribution in [-0.4, -0.2) is 35.1 Å². The topological polar surface area (TPSA) is 78.4 Å². The van der Waals surface area contributed by atoms with E-state index in [-0.39, 0.29) is 58.9 Å². The van der Waals surface area contributed by atoms with Gasteiger partial charge in [-0.1, -0.05) is 20.8 Å². The fraction of sp³-hybridized carbons (Fsp3) is 0.909. The van der Waals surface area contributed by atoms with Crippen LogP contribution in [0, 0.1) is 35.0 Å². The molecule has 3 N–H and O–H groups in total. The second-order valence-electron chi connectivity index (χ2n) is 10.1. The van der Waals surface area contributed by atoms with Crippen LogP contribution in [0.1, 0.15) is 73.1 Å². The molecule has 27 heavy (non-hydrogen) atoms. The van der Waals surface area contributed by atoms with Crippen LogP contribution >= 0.6 is 0 Å². The van der Waals surface area contributed by atoms with Gasteiger partial charge >= 0.3 is 0 Å². The van der Waals surface area contributed by atoms with Crippen LogP contribution in [0.4, 0.5) is 0 Å². The molecule has 5 nitrogen and oxygen atoms in total. The van der Waals surface area contributed by atoms with E-state index in [1.165, 1.54) is 0 Å². The van der Waals surface area contributed by atoms with Crippen LogP contribution in [-0.2, 0) is 9.59 Å². The van der Waals surface area contributed by atoms with Crippen molar-refractivity contribution in [1.29, 1.82) is 0 Å². The molecular formula is C22H38N2O3. The SMILES string of the molecule is CC(C)NC(=O)[C@@H](C)C1CC[C@@]2(C)CC[C@H](NC(=O)C3CC3)[C@@H](C)[C@@H]2[C@H]1O. The zero-order valence-electron chi connectivity index (χ0n) is 17.6. The van der Waals surface area contributed by atoms with Crippen molar-refractivity contribution in [3.8, 4) is 0 Å². The molecule has 3 fully saturated rings. The molecule has 0 aliphatic heterocycles.